The standard InChI is InChI=1S/C24H35N3OS/c1-24(2,3)28-23-10-9-20(26-11-5-4-6-12-26)18-22(23)27-15-13-25(14-16-27)19-21-8-7-17-29-21/h7-10,17-18H,4-6,11-16,19H2,1-3H3. The Kier molecular flexibility index (Phi) is 6.35. The van der Waals surface area contributed by atoms with Crippen LogP contribution in [0.4, 0.5) is 11.4 Å². The van der Waals surface area contributed by atoms with E-state index in [1.54, 1.807) is 0 Å². The van der Waals surface area contributed by atoms with Crippen LogP contribution in [0.15, 0.2) is 35.7 Å². The minimum atomic E-state index is -0.192. The summed E-state index contributed by atoms with van der Waals surface area (Å²) < 4.78 is 6.37. The summed E-state index contributed by atoms with van der Waals surface area (Å²) in [5, 5.41) is 2.17. The van der Waals surface area contributed by atoms with Gasteiger partial charge in [-0.2, -0.15) is 0 Å². The van der Waals surface area contributed by atoms with Crippen molar-refractivity contribution in [3.63, 3.8) is 0 Å². The number of ether oxygens (including phenoxy) is 1. The van der Waals surface area contributed by atoms with Crippen molar-refractivity contribution < 1.29 is 4.74 Å². The summed E-state index contributed by atoms with van der Waals surface area (Å²) in [6.45, 7) is 14.1. The number of piperidine rings is 1. The normalized spacial score (nSPS) is 18.9. The smallest absolute Gasteiger partial charge is 0.143 e. The molecule has 2 saturated heterocycles. The Balaban J connectivity index is 1.50. The maximum atomic E-state index is 6.37. The fourth-order valence-corrected chi connectivity index (χ4v) is 5.03. The summed E-state index contributed by atoms with van der Waals surface area (Å²) in [6.07, 6.45) is 3.97. The molecule has 0 atom stereocenters. The zero-order valence-corrected chi connectivity index (χ0v) is 19.0. The second-order valence-corrected chi connectivity index (χ2v) is 10.3. The summed E-state index contributed by atoms with van der Waals surface area (Å²) in [4.78, 5) is 9.10. The van der Waals surface area contributed by atoms with Crippen LogP contribution in [0.5, 0.6) is 5.75 Å². The van der Waals surface area contributed by atoms with Gasteiger partial charge in [-0.3, -0.25) is 4.90 Å². The number of anilines is 2. The third kappa shape index (κ3) is 5.46. The van der Waals surface area contributed by atoms with Crippen molar-refractivity contribution in [2.24, 2.45) is 0 Å². The van der Waals surface area contributed by atoms with Gasteiger partial charge in [-0.05, 0) is 69.7 Å². The second-order valence-electron chi connectivity index (χ2n) is 9.26. The molecule has 3 heterocycles. The molecule has 2 aliphatic heterocycles. The van der Waals surface area contributed by atoms with Crippen molar-refractivity contribution in [2.75, 3.05) is 49.1 Å². The van der Waals surface area contributed by atoms with Crippen molar-refractivity contribution >= 4 is 22.7 Å². The summed E-state index contributed by atoms with van der Waals surface area (Å²) in [5.41, 5.74) is 2.42. The molecule has 4 rings (SSSR count). The highest BCUT2D eigenvalue weighted by Gasteiger charge is 2.24. The number of piperazine rings is 1. The molecule has 4 nitrogen and oxygen atoms in total. The van der Waals surface area contributed by atoms with Crippen LogP contribution in [0.1, 0.15) is 44.9 Å². The first-order chi connectivity index (χ1) is 14.0. The lowest BCUT2D eigenvalue weighted by Gasteiger charge is -2.38. The first-order valence-electron chi connectivity index (χ1n) is 11.1. The highest BCUT2D eigenvalue weighted by Crippen LogP contribution is 2.36. The van der Waals surface area contributed by atoms with Crippen LogP contribution in [-0.2, 0) is 6.54 Å². The first-order valence-corrected chi connectivity index (χ1v) is 11.9. The number of nitrogens with zero attached hydrogens (tertiary/aromatic N) is 3. The van der Waals surface area contributed by atoms with Crippen molar-refractivity contribution in [1.29, 1.82) is 0 Å². The molecule has 1 aromatic heterocycles. The van der Waals surface area contributed by atoms with Gasteiger partial charge in [-0.1, -0.05) is 6.07 Å². The molecule has 1 aromatic carbocycles. The largest absolute Gasteiger partial charge is 0.486 e. The van der Waals surface area contributed by atoms with Crippen LogP contribution in [0.2, 0.25) is 0 Å². The van der Waals surface area contributed by atoms with Gasteiger partial charge in [0.05, 0.1) is 5.69 Å². The summed E-state index contributed by atoms with van der Waals surface area (Å²) in [7, 11) is 0. The Morgan fingerprint density at radius 1 is 0.897 bits per heavy atom. The third-order valence-electron chi connectivity index (χ3n) is 5.75. The van der Waals surface area contributed by atoms with Crippen molar-refractivity contribution in [3.05, 3.63) is 40.6 Å². The Labute approximate surface area is 180 Å². The number of benzene rings is 1. The fraction of sp³-hybridized carbons (Fsp3) is 0.583. The van der Waals surface area contributed by atoms with E-state index in [2.05, 4.69) is 71.2 Å². The van der Waals surface area contributed by atoms with Gasteiger partial charge in [0, 0.05) is 56.4 Å². The van der Waals surface area contributed by atoms with Crippen LogP contribution >= 0.6 is 11.3 Å². The first kappa shape index (κ1) is 20.5. The highest BCUT2D eigenvalue weighted by atomic mass is 32.1. The maximum Gasteiger partial charge on any atom is 0.143 e. The summed E-state index contributed by atoms with van der Waals surface area (Å²) >= 11 is 1.86. The molecule has 2 fully saturated rings. The topological polar surface area (TPSA) is 19.0 Å². The van der Waals surface area contributed by atoms with Crippen molar-refractivity contribution in [3.8, 4) is 5.75 Å². The minimum Gasteiger partial charge on any atom is -0.486 e. The predicted molar refractivity (Wildman–Crippen MR) is 125 cm³/mol. The monoisotopic (exact) mass is 413 g/mol. The molecule has 2 aromatic rings. The van der Waals surface area contributed by atoms with Gasteiger partial charge in [0.1, 0.15) is 11.4 Å². The van der Waals surface area contributed by atoms with Gasteiger partial charge in [0.15, 0.2) is 0 Å². The van der Waals surface area contributed by atoms with Crippen molar-refractivity contribution in [2.45, 2.75) is 52.2 Å². The molecule has 0 bridgehead atoms. The van der Waals surface area contributed by atoms with Gasteiger partial charge in [0.2, 0.25) is 0 Å². The number of rotatable bonds is 5. The lowest BCUT2D eigenvalue weighted by molar-refractivity contribution is 0.131. The van der Waals surface area contributed by atoms with Gasteiger partial charge in [-0.15, -0.1) is 11.3 Å². The lowest BCUT2D eigenvalue weighted by atomic mass is 10.1. The molecule has 0 aliphatic carbocycles. The van der Waals surface area contributed by atoms with Crippen LogP contribution < -0.4 is 14.5 Å². The number of hydrogen-bond donors (Lipinski definition) is 0. The van der Waals surface area contributed by atoms with E-state index in [1.807, 2.05) is 11.3 Å². The molecule has 0 saturated carbocycles. The number of thiophene rings is 1. The maximum absolute atomic E-state index is 6.37. The number of hydrogen-bond acceptors (Lipinski definition) is 5. The minimum absolute atomic E-state index is 0.192. The molecule has 0 N–H and O–H groups in total. The van der Waals surface area contributed by atoms with Gasteiger partial charge in [-0.25, -0.2) is 0 Å². The fourth-order valence-electron chi connectivity index (χ4n) is 4.29. The quantitative estimate of drug-likeness (QED) is 0.667. The Morgan fingerprint density at radius 2 is 1.66 bits per heavy atom. The highest BCUT2D eigenvalue weighted by molar-refractivity contribution is 7.09. The van der Waals surface area contributed by atoms with Gasteiger partial charge in [0.25, 0.3) is 0 Å². The van der Waals surface area contributed by atoms with E-state index in [4.69, 9.17) is 4.74 Å². The van der Waals surface area contributed by atoms with Crippen LogP contribution in [0.3, 0.4) is 0 Å². The van der Waals surface area contributed by atoms with Crippen LogP contribution in [0, 0.1) is 0 Å². The molecule has 0 amide bonds. The predicted octanol–water partition coefficient (Wildman–Crippen LogP) is 5.24. The molecule has 158 valence electrons. The molecule has 5 heteroatoms. The van der Waals surface area contributed by atoms with Crippen LogP contribution in [0.25, 0.3) is 0 Å². The zero-order valence-electron chi connectivity index (χ0n) is 18.2. The van der Waals surface area contributed by atoms with E-state index in [0.29, 0.717) is 0 Å². The van der Waals surface area contributed by atoms with E-state index in [9.17, 15) is 0 Å². The molecule has 0 spiro atoms. The summed E-state index contributed by atoms with van der Waals surface area (Å²) in [6, 6.07) is 11.2. The third-order valence-corrected chi connectivity index (χ3v) is 6.61. The van der Waals surface area contributed by atoms with Crippen LogP contribution in [-0.4, -0.2) is 49.8 Å². The zero-order chi connectivity index (χ0) is 20.3. The average Bonchev–Trinajstić information content (AvgIpc) is 3.22. The lowest BCUT2D eigenvalue weighted by Crippen LogP contribution is -2.46. The molecule has 2 aliphatic rings. The Bertz CT molecular complexity index is 770. The van der Waals surface area contributed by atoms with Gasteiger partial charge >= 0.3 is 0 Å². The van der Waals surface area contributed by atoms with E-state index in [1.165, 1.54) is 48.6 Å². The van der Waals surface area contributed by atoms with Gasteiger partial charge < -0.3 is 14.5 Å². The SMILES string of the molecule is CC(C)(C)Oc1ccc(N2CCCCC2)cc1N1CCN(Cc2cccs2)CC1. The molecular formula is C24H35N3OS. The molecule has 0 unspecified atom stereocenters. The van der Waals surface area contributed by atoms with E-state index < -0.39 is 0 Å². The molecule has 29 heavy (non-hydrogen) atoms. The molecule has 0 radical (unpaired) electrons. The summed E-state index contributed by atoms with van der Waals surface area (Å²) in [5.74, 6) is 1.02. The Hall–Kier alpha value is -1.72. The average molecular weight is 414 g/mol. The van der Waals surface area contributed by atoms with Crippen molar-refractivity contribution in [1.82, 2.24) is 4.90 Å². The van der Waals surface area contributed by atoms with E-state index in [-0.39, 0.29) is 5.60 Å². The molecular weight excluding hydrogens is 378 g/mol. The second kappa shape index (κ2) is 8.97. The van der Waals surface area contributed by atoms with E-state index in [0.717, 1.165) is 38.5 Å². The Morgan fingerprint density at radius 3 is 2.31 bits per heavy atom. The van der Waals surface area contributed by atoms with E-state index >= 15 is 0 Å².